The summed E-state index contributed by atoms with van der Waals surface area (Å²) in [4.78, 5) is 26.6. The zero-order chi connectivity index (χ0) is 22.0. The molecule has 3 aromatic rings. The van der Waals surface area contributed by atoms with Gasteiger partial charge in [-0.3, -0.25) is 9.59 Å². The van der Waals surface area contributed by atoms with Crippen molar-refractivity contribution in [2.45, 2.75) is 23.6 Å². The largest absolute Gasteiger partial charge is 0.497 e. The Morgan fingerprint density at radius 2 is 1.68 bits per heavy atom. The first-order chi connectivity index (χ1) is 15.0. The lowest BCUT2D eigenvalue weighted by Gasteiger charge is -2.37. The van der Waals surface area contributed by atoms with Gasteiger partial charge in [0.05, 0.1) is 24.7 Å². The van der Waals surface area contributed by atoms with Crippen LogP contribution in [0.15, 0.2) is 81.6 Å². The topological polar surface area (TPSA) is 62.2 Å². The minimum absolute atomic E-state index is 0.0392. The first-order valence-electron chi connectivity index (χ1n) is 9.68. The molecule has 1 heterocycles. The van der Waals surface area contributed by atoms with Crippen molar-refractivity contribution in [2.75, 3.05) is 12.1 Å². The van der Waals surface area contributed by atoms with Gasteiger partial charge in [-0.1, -0.05) is 30.0 Å². The molecule has 3 aromatic carbocycles. The summed E-state index contributed by atoms with van der Waals surface area (Å²) in [5, 5.41) is 7.58. The normalized spacial score (nSPS) is 12.3. The Balaban J connectivity index is 1.80. The Bertz CT molecular complexity index is 1170. The summed E-state index contributed by atoms with van der Waals surface area (Å²) in [5.74, 6) is 0.446. The van der Waals surface area contributed by atoms with Gasteiger partial charge in [-0.05, 0) is 61.0 Å². The summed E-state index contributed by atoms with van der Waals surface area (Å²) in [5.41, 5.74) is 2.96. The van der Waals surface area contributed by atoms with Crippen LogP contribution in [0.5, 0.6) is 5.75 Å². The molecule has 1 aliphatic heterocycles. The molecule has 0 bridgehead atoms. The van der Waals surface area contributed by atoms with Gasteiger partial charge in [-0.25, -0.2) is 5.01 Å². The number of hydrazine groups is 1. The fraction of sp³-hybridized carbons (Fsp3) is 0.125. The number of fused-ring (bicyclic) bond motifs is 2. The highest BCUT2D eigenvalue weighted by Gasteiger charge is 2.30. The summed E-state index contributed by atoms with van der Waals surface area (Å²) in [6.45, 7) is 2.99. The SMILES string of the molecule is COc1ccc(/C=N/N(C(C)=O)N2c3ccccc3Sc3ccc(C(C)=O)cc32)cc1. The molecule has 0 spiro atoms. The van der Waals surface area contributed by atoms with E-state index in [0.717, 1.165) is 32.5 Å². The van der Waals surface area contributed by atoms with E-state index in [9.17, 15) is 9.59 Å². The first-order valence-corrected chi connectivity index (χ1v) is 10.5. The van der Waals surface area contributed by atoms with Gasteiger partial charge in [0.15, 0.2) is 5.78 Å². The van der Waals surface area contributed by atoms with E-state index in [1.54, 1.807) is 42.2 Å². The molecular weight excluding hydrogens is 410 g/mol. The number of carbonyl (C=O) groups is 2. The lowest BCUT2D eigenvalue weighted by atomic mass is 10.1. The number of benzene rings is 3. The van der Waals surface area contributed by atoms with Crippen LogP contribution in [0, 0.1) is 0 Å². The summed E-state index contributed by atoms with van der Waals surface area (Å²) < 4.78 is 5.19. The van der Waals surface area contributed by atoms with Crippen molar-refractivity contribution >= 4 is 41.0 Å². The van der Waals surface area contributed by atoms with Crippen molar-refractivity contribution in [2.24, 2.45) is 5.10 Å². The van der Waals surface area contributed by atoms with Crippen LogP contribution in [0.25, 0.3) is 0 Å². The maximum absolute atomic E-state index is 12.7. The number of hydrazone groups is 1. The summed E-state index contributed by atoms with van der Waals surface area (Å²) in [6.07, 6.45) is 1.62. The number of carbonyl (C=O) groups excluding carboxylic acids is 2. The van der Waals surface area contributed by atoms with Crippen molar-refractivity contribution in [3.8, 4) is 5.75 Å². The van der Waals surface area contributed by atoms with Crippen molar-refractivity contribution in [1.82, 2.24) is 5.12 Å². The molecule has 0 saturated carbocycles. The molecule has 6 nitrogen and oxygen atoms in total. The number of nitrogens with zero attached hydrogens (tertiary/aromatic N) is 3. The second kappa shape index (κ2) is 8.65. The number of para-hydroxylation sites is 1. The first kappa shape index (κ1) is 20.7. The smallest absolute Gasteiger partial charge is 0.259 e. The second-order valence-corrected chi connectivity index (χ2v) is 8.03. The highest BCUT2D eigenvalue weighted by Crippen LogP contribution is 2.49. The number of ketones is 1. The van der Waals surface area contributed by atoms with Crippen LogP contribution in [0.1, 0.15) is 29.8 Å². The predicted molar refractivity (Wildman–Crippen MR) is 122 cm³/mol. The monoisotopic (exact) mass is 431 g/mol. The molecule has 0 aliphatic carbocycles. The zero-order valence-electron chi connectivity index (χ0n) is 17.4. The molecule has 156 valence electrons. The van der Waals surface area contributed by atoms with E-state index in [1.807, 2.05) is 54.6 Å². The highest BCUT2D eigenvalue weighted by molar-refractivity contribution is 7.99. The molecule has 1 amide bonds. The number of anilines is 2. The van der Waals surface area contributed by atoms with E-state index >= 15 is 0 Å². The van der Waals surface area contributed by atoms with Crippen LogP contribution in [-0.4, -0.2) is 30.1 Å². The van der Waals surface area contributed by atoms with Crippen molar-refractivity contribution in [3.63, 3.8) is 0 Å². The molecule has 0 aromatic heterocycles. The average molecular weight is 432 g/mol. The van der Waals surface area contributed by atoms with Gasteiger partial charge >= 0.3 is 0 Å². The zero-order valence-corrected chi connectivity index (χ0v) is 18.2. The van der Waals surface area contributed by atoms with Crippen LogP contribution >= 0.6 is 11.8 Å². The standard InChI is InChI=1S/C24H21N3O3S/c1-16(28)19-10-13-24-22(14-19)26(21-6-4-5-7-23(21)31-24)27(17(2)29)25-15-18-8-11-20(30-3)12-9-18/h4-15H,1-3H3/b25-15+. The molecule has 0 fully saturated rings. The third-order valence-electron chi connectivity index (χ3n) is 4.81. The lowest BCUT2D eigenvalue weighted by Crippen LogP contribution is -2.40. The molecule has 0 saturated heterocycles. The third-order valence-corrected chi connectivity index (χ3v) is 5.94. The minimum atomic E-state index is -0.259. The second-order valence-electron chi connectivity index (χ2n) is 6.95. The Kier molecular flexibility index (Phi) is 5.77. The van der Waals surface area contributed by atoms with E-state index in [4.69, 9.17) is 4.74 Å². The van der Waals surface area contributed by atoms with Crippen LogP contribution < -0.4 is 9.75 Å². The van der Waals surface area contributed by atoms with Crippen LogP contribution in [-0.2, 0) is 4.79 Å². The Morgan fingerprint density at radius 1 is 0.968 bits per heavy atom. The fourth-order valence-electron chi connectivity index (χ4n) is 3.24. The van der Waals surface area contributed by atoms with Gasteiger partial charge in [0, 0.05) is 22.3 Å². The average Bonchev–Trinajstić information content (AvgIpc) is 2.78. The number of ether oxygens (including phenoxy) is 1. The lowest BCUT2D eigenvalue weighted by molar-refractivity contribution is -0.129. The van der Waals surface area contributed by atoms with Crippen LogP contribution in [0.4, 0.5) is 11.4 Å². The van der Waals surface area contributed by atoms with E-state index in [0.29, 0.717) is 5.56 Å². The van der Waals surface area contributed by atoms with Gasteiger partial charge in [0.25, 0.3) is 5.91 Å². The molecule has 0 atom stereocenters. The number of methoxy groups -OCH3 is 1. The van der Waals surface area contributed by atoms with E-state index in [-0.39, 0.29) is 11.7 Å². The number of hydrogen-bond acceptors (Lipinski definition) is 6. The summed E-state index contributed by atoms with van der Waals surface area (Å²) in [6, 6.07) is 20.7. The van der Waals surface area contributed by atoms with Crippen LogP contribution in [0.3, 0.4) is 0 Å². The van der Waals surface area contributed by atoms with Gasteiger partial charge < -0.3 is 4.74 Å². The number of rotatable bonds is 5. The Hall–Kier alpha value is -3.58. The maximum atomic E-state index is 12.7. The molecule has 0 unspecified atom stereocenters. The van der Waals surface area contributed by atoms with Gasteiger partial charge in [0.1, 0.15) is 5.75 Å². The molecule has 4 rings (SSSR count). The van der Waals surface area contributed by atoms with E-state index in [1.165, 1.54) is 19.0 Å². The molecule has 31 heavy (non-hydrogen) atoms. The van der Waals surface area contributed by atoms with Crippen molar-refractivity contribution < 1.29 is 14.3 Å². The molecule has 0 radical (unpaired) electrons. The molecule has 1 aliphatic rings. The summed E-state index contributed by atoms with van der Waals surface area (Å²) >= 11 is 1.60. The maximum Gasteiger partial charge on any atom is 0.259 e. The molecular formula is C24H21N3O3S. The number of hydrogen-bond donors (Lipinski definition) is 0. The third kappa shape index (κ3) is 4.18. The van der Waals surface area contributed by atoms with E-state index in [2.05, 4.69) is 5.10 Å². The Morgan fingerprint density at radius 3 is 2.35 bits per heavy atom. The fourth-order valence-corrected chi connectivity index (χ4v) is 4.27. The predicted octanol–water partition coefficient (Wildman–Crippen LogP) is 5.30. The highest BCUT2D eigenvalue weighted by atomic mass is 32.2. The Labute approximate surface area is 185 Å². The van der Waals surface area contributed by atoms with Crippen LogP contribution in [0.2, 0.25) is 0 Å². The van der Waals surface area contributed by atoms with Crippen molar-refractivity contribution in [1.29, 1.82) is 0 Å². The van der Waals surface area contributed by atoms with Gasteiger partial charge in [-0.15, -0.1) is 5.12 Å². The van der Waals surface area contributed by atoms with Gasteiger partial charge in [-0.2, -0.15) is 5.10 Å². The van der Waals surface area contributed by atoms with Gasteiger partial charge in [0.2, 0.25) is 0 Å². The minimum Gasteiger partial charge on any atom is -0.497 e. The number of Topliss-reactive ketones (excluding diaryl/α,β-unsaturated/α-hetero) is 1. The molecule has 7 heteroatoms. The van der Waals surface area contributed by atoms with Crippen molar-refractivity contribution in [3.05, 3.63) is 77.9 Å². The summed E-state index contributed by atoms with van der Waals surface area (Å²) in [7, 11) is 1.61. The van der Waals surface area contributed by atoms with E-state index < -0.39 is 0 Å². The quantitative estimate of drug-likeness (QED) is 0.312. The molecule has 0 N–H and O–H groups in total. The number of amides is 1.